The fourth-order valence-corrected chi connectivity index (χ4v) is 2.65. The maximum atomic E-state index is 11.1. The van der Waals surface area contributed by atoms with E-state index in [-0.39, 0.29) is 5.97 Å². The zero-order valence-electron chi connectivity index (χ0n) is 12.6. The first-order valence-corrected chi connectivity index (χ1v) is 8.05. The number of thiazole rings is 1. The lowest BCUT2D eigenvalue weighted by Crippen LogP contribution is -2.25. The second-order valence-corrected chi connectivity index (χ2v) is 5.39. The zero-order valence-corrected chi connectivity index (χ0v) is 13.5. The number of anilines is 1. The van der Waals surface area contributed by atoms with Crippen molar-refractivity contribution >= 4 is 22.4 Å². The van der Waals surface area contributed by atoms with Gasteiger partial charge in [-0.15, -0.1) is 11.3 Å². The maximum absolute atomic E-state index is 11.1. The lowest BCUT2D eigenvalue weighted by Gasteiger charge is -2.17. The van der Waals surface area contributed by atoms with Gasteiger partial charge in [-0.2, -0.15) is 0 Å². The Morgan fingerprint density at radius 2 is 2.20 bits per heavy atom. The van der Waals surface area contributed by atoms with Crippen molar-refractivity contribution in [3.05, 3.63) is 11.1 Å². The van der Waals surface area contributed by atoms with E-state index in [1.807, 2.05) is 5.38 Å². The Kier molecular flexibility index (Phi) is 8.22. The number of aryl methyl sites for hydroxylation is 1. The molecule has 0 amide bonds. The third-order valence-electron chi connectivity index (χ3n) is 3.19. The Morgan fingerprint density at radius 1 is 1.45 bits per heavy atom. The van der Waals surface area contributed by atoms with E-state index in [0.29, 0.717) is 12.8 Å². The average Bonchev–Trinajstić information content (AvgIpc) is 2.93. The van der Waals surface area contributed by atoms with Gasteiger partial charge in [0, 0.05) is 18.3 Å². The van der Waals surface area contributed by atoms with E-state index in [0.717, 1.165) is 43.4 Å². The fourth-order valence-electron chi connectivity index (χ4n) is 1.87. The van der Waals surface area contributed by atoms with Crippen LogP contribution in [0.5, 0.6) is 0 Å². The summed E-state index contributed by atoms with van der Waals surface area (Å²) >= 11 is 1.59. The van der Waals surface area contributed by atoms with Crippen molar-refractivity contribution < 1.29 is 9.53 Å². The van der Waals surface area contributed by atoms with E-state index in [2.05, 4.69) is 33.8 Å². The summed E-state index contributed by atoms with van der Waals surface area (Å²) in [6.07, 6.45) is 2.14. The first-order chi connectivity index (χ1) is 9.69. The molecule has 0 aliphatic rings. The summed E-state index contributed by atoms with van der Waals surface area (Å²) in [5, 5.41) is 6.27. The van der Waals surface area contributed by atoms with Gasteiger partial charge in [0.25, 0.3) is 0 Å². The summed E-state index contributed by atoms with van der Waals surface area (Å²) in [5.74, 6) is -0.188. The Bertz CT molecular complexity index is 392. The lowest BCUT2D eigenvalue weighted by molar-refractivity contribution is -0.140. The standard InChI is InChI=1S/C14H25N3O2S/c1-4-17(5-2)10-6-9-15-14-16-12(11-20-14)7-8-13(18)19-3/h11H,4-10H2,1-3H3,(H,15,16). The molecule has 6 heteroatoms. The highest BCUT2D eigenvalue weighted by atomic mass is 32.1. The topological polar surface area (TPSA) is 54.5 Å². The summed E-state index contributed by atoms with van der Waals surface area (Å²) in [7, 11) is 1.41. The van der Waals surface area contributed by atoms with Gasteiger partial charge in [0.1, 0.15) is 0 Å². The predicted molar refractivity (Wildman–Crippen MR) is 83.3 cm³/mol. The molecule has 5 nitrogen and oxygen atoms in total. The van der Waals surface area contributed by atoms with Crippen molar-refractivity contribution in [2.24, 2.45) is 0 Å². The molecule has 0 bridgehead atoms. The number of rotatable bonds is 10. The van der Waals surface area contributed by atoms with Gasteiger partial charge in [0.2, 0.25) is 0 Å². The Balaban J connectivity index is 2.21. The molecule has 1 heterocycles. The van der Waals surface area contributed by atoms with E-state index in [4.69, 9.17) is 0 Å². The summed E-state index contributed by atoms with van der Waals surface area (Å²) < 4.78 is 4.62. The molecule has 0 spiro atoms. The number of nitrogens with one attached hydrogen (secondary N) is 1. The molecule has 0 aliphatic carbocycles. The van der Waals surface area contributed by atoms with Gasteiger partial charge >= 0.3 is 5.97 Å². The van der Waals surface area contributed by atoms with E-state index in [9.17, 15) is 4.79 Å². The normalized spacial score (nSPS) is 10.8. The van der Waals surface area contributed by atoms with Crippen LogP contribution in [0.25, 0.3) is 0 Å². The molecule has 0 fully saturated rings. The van der Waals surface area contributed by atoms with Gasteiger partial charge in [-0.25, -0.2) is 4.98 Å². The molecule has 0 aromatic carbocycles. The van der Waals surface area contributed by atoms with Crippen LogP contribution in [0.4, 0.5) is 5.13 Å². The van der Waals surface area contributed by atoms with Gasteiger partial charge in [-0.05, 0) is 26.1 Å². The molecule has 0 saturated carbocycles. The molecule has 0 aliphatic heterocycles. The summed E-state index contributed by atoms with van der Waals surface area (Å²) in [6, 6.07) is 0. The van der Waals surface area contributed by atoms with E-state index < -0.39 is 0 Å². The number of hydrogen-bond donors (Lipinski definition) is 1. The summed E-state index contributed by atoms with van der Waals surface area (Å²) in [6.45, 7) is 8.62. The average molecular weight is 299 g/mol. The van der Waals surface area contributed by atoms with Crippen molar-refractivity contribution in [3.8, 4) is 0 Å². The SMILES string of the molecule is CCN(CC)CCCNc1nc(CCC(=O)OC)cs1. The number of carbonyl (C=O) groups is 1. The predicted octanol–water partition coefficient (Wildman–Crippen LogP) is 2.39. The molecule has 20 heavy (non-hydrogen) atoms. The molecule has 1 aromatic rings. The van der Waals surface area contributed by atoms with Crippen LogP contribution in [0.15, 0.2) is 5.38 Å². The van der Waals surface area contributed by atoms with Crippen LogP contribution in [-0.2, 0) is 16.0 Å². The molecule has 0 radical (unpaired) electrons. The van der Waals surface area contributed by atoms with Crippen LogP contribution < -0.4 is 5.32 Å². The van der Waals surface area contributed by atoms with E-state index >= 15 is 0 Å². The Hall–Kier alpha value is -1.14. The number of ether oxygens (including phenoxy) is 1. The first-order valence-electron chi connectivity index (χ1n) is 7.17. The van der Waals surface area contributed by atoms with Gasteiger partial charge in [-0.3, -0.25) is 4.79 Å². The van der Waals surface area contributed by atoms with Gasteiger partial charge in [0.05, 0.1) is 19.2 Å². The van der Waals surface area contributed by atoms with Crippen LogP contribution in [0.3, 0.4) is 0 Å². The van der Waals surface area contributed by atoms with Crippen LogP contribution in [-0.4, -0.2) is 49.1 Å². The highest BCUT2D eigenvalue weighted by Gasteiger charge is 2.05. The van der Waals surface area contributed by atoms with Crippen LogP contribution >= 0.6 is 11.3 Å². The van der Waals surface area contributed by atoms with Crippen molar-refractivity contribution in [2.45, 2.75) is 33.1 Å². The largest absolute Gasteiger partial charge is 0.469 e. The van der Waals surface area contributed by atoms with Gasteiger partial charge < -0.3 is 15.0 Å². The minimum absolute atomic E-state index is 0.188. The minimum atomic E-state index is -0.188. The minimum Gasteiger partial charge on any atom is -0.469 e. The summed E-state index contributed by atoms with van der Waals surface area (Å²) in [4.78, 5) is 17.9. The van der Waals surface area contributed by atoms with Crippen molar-refractivity contribution in [3.63, 3.8) is 0 Å². The smallest absolute Gasteiger partial charge is 0.305 e. The number of carbonyl (C=O) groups excluding carboxylic acids is 1. The van der Waals surface area contributed by atoms with Crippen molar-refractivity contribution in [2.75, 3.05) is 38.6 Å². The van der Waals surface area contributed by atoms with Crippen LogP contribution in [0.1, 0.15) is 32.4 Å². The van der Waals surface area contributed by atoms with E-state index in [1.165, 1.54) is 7.11 Å². The number of aromatic nitrogens is 1. The number of esters is 1. The zero-order chi connectivity index (χ0) is 14.8. The molecular formula is C14H25N3O2S. The van der Waals surface area contributed by atoms with Gasteiger partial charge in [-0.1, -0.05) is 13.8 Å². The van der Waals surface area contributed by atoms with Crippen molar-refractivity contribution in [1.29, 1.82) is 0 Å². The Labute approximate surface area is 125 Å². The quantitative estimate of drug-likeness (QED) is 0.531. The number of methoxy groups -OCH3 is 1. The highest BCUT2D eigenvalue weighted by molar-refractivity contribution is 7.13. The van der Waals surface area contributed by atoms with Crippen LogP contribution in [0.2, 0.25) is 0 Å². The first kappa shape index (κ1) is 16.9. The molecule has 114 valence electrons. The number of nitrogens with zero attached hydrogens (tertiary/aromatic N) is 2. The molecule has 1 rings (SSSR count). The lowest BCUT2D eigenvalue weighted by atomic mass is 10.2. The fraction of sp³-hybridized carbons (Fsp3) is 0.714. The molecule has 0 atom stereocenters. The molecule has 1 aromatic heterocycles. The second kappa shape index (κ2) is 9.72. The van der Waals surface area contributed by atoms with E-state index in [1.54, 1.807) is 11.3 Å². The van der Waals surface area contributed by atoms with Crippen LogP contribution in [0, 0.1) is 0 Å². The monoisotopic (exact) mass is 299 g/mol. The Morgan fingerprint density at radius 3 is 2.85 bits per heavy atom. The van der Waals surface area contributed by atoms with Crippen molar-refractivity contribution in [1.82, 2.24) is 9.88 Å². The second-order valence-electron chi connectivity index (χ2n) is 4.53. The molecule has 0 saturated heterocycles. The molecule has 1 N–H and O–H groups in total. The highest BCUT2D eigenvalue weighted by Crippen LogP contribution is 2.16. The number of hydrogen-bond acceptors (Lipinski definition) is 6. The molecular weight excluding hydrogens is 274 g/mol. The summed E-state index contributed by atoms with van der Waals surface area (Å²) in [5.41, 5.74) is 0.951. The maximum Gasteiger partial charge on any atom is 0.305 e. The molecule has 0 unspecified atom stereocenters. The van der Waals surface area contributed by atoms with Gasteiger partial charge in [0.15, 0.2) is 5.13 Å². The third kappa shape index (κ3) is 6.34. The third-order valence-corrected chi connectivity index (χ3v) is 4.04.